The van der Waals surface area contributed by atoms with Crippen LogP contribution >= 0.6 is 27.5 Å². The number of aromatic nitrogens is 3. The van der Waals surface area contributed by atoms with E-state index in [9.17, 15) is 4.79 Å². The van der Waals surface area contributed by atoms with Gasteiger partial charge < -0.3 is 9.73 Å². The zero-order valence-electron chi connectivity index (χ0n) is 12.6. The largest absolute Gasteiger partial charge is 0.444 e. The molecule has 0 unspecified atom stereocenters. The summed E-state index contributed by atoms with van der Waals surface area (Å²) in [6.07, 6.45) is 0. The van der Waals surface area contributed by atoms with Crippen LogP contribution in [0.2, 0.25) is 5.02 Å². The number of hydrogen-bond acceptors (Lipinski definition) is 4. The molecular weight excluding hydrogens is 408 g/mol. The van der Waals surface area contributed by atoms with Crippen LogP contribution in [0.15, 0.2) is 63.7 Å². The standard InChI is InChI=1S/C17H10BrClN4O2/c18-16-7-6-15(25-16)17(24)20-12-9-14-13(8-11(12)19)21-23(22-14)10-4-2-1-3-5-10/h1-9H,(H,20,24). The summed E-state index contributed by atoms with van der Waals surface area (Å²) in [5.41, 5.74) is 2.52. The first-order valence-electron chi connectivity index (χ1n) is 7.29. The van der Waals surface area contributed by atoms with Gasteiger partial charge in [-0.2, -0.15) is 4.80 Å². The highest BCUT2D eigenvalue weighted by Gasteiger charge is 2.15. The molecule has 1 amide bonds. The minimum atomic E-state index is -0.401. The molecular formula is C17H10BrClN4O2. The van der Waals surface area contributed by atoms with Crippen LogP contribution in [0.3, 0.4) is 0 Å². The van der Waals surface area contributed by atoms with E-state index in [4.69, 9.17) is 16.0 Å². The third-order valence-corrected chi connectivity index (χ3v) is 4.24. The SMILES string of the molecule is O=C(Nc1cc2nn(-c3ccccc3)nc2cc1Cl)c1ccc(Br)o1. The maximum atomic E-state index is 12.2. The lowest BCUT2D eigenvalue weighted by Crippen LogP contribution is -2.11. The van der Waals surface area contributed by atoms with Crippen molar-refractivity contribution >= 4 is 50.2 Å². The van der Waals surface area contributed by atoms with Gasteiger partial charge in [-0.3, -0.25) is 4.79 Å². The quantitative estimate of drug-likeness (QED) is 0.525. The summed E-state index contributed by atoms with van der Waals surface area (Å²) in [5.74, 6) is -0.224. The van der Waals surface area contributed by atoms with E-state index < -0.39 is 5.91 Å². The molecule has 0 aliphatic heterocycles. The topological polar surface area (TPSA) is 73.0 Å². The zero-order chi connectivity index (χ0) is 17.4. The summed E-state index contributed by atoms with van der Waals surface area (Å²) in [6.45, 7) is 0. The molecule has 0 saturated heterocycles. The Labute approximate surface area is 155 Å². The van der Waals surface area contributed by atoms with E-state index in [0.29, 0.717) is 26.4 Å². The summed E-state index contributed by atoms with van der Waals surface area (Å²) in [5, 5.41) is 11.9. The van der Waals surface area contributed by atoms with Crippen molar-refractivity contribution < 1.29 is 9.21 Å². The van der Waals surface area contributed by atoms with Gasteiger partial charge in [-0.25, -0.2) is 0 Å². The lowest BCUT2D eigenvalue weighted by atomic mass is 10.2. The molecule has 2 heterocycles. The number of rotatable bonds is 3. The highest BCUT2D eigenvalue weighted by atomic mass is 79.9. The lowest BCUT2D eigenvalue weighted by molar-refractivity contribution is 0.0995. The fraction of sp³-hybridized carbons (Fsp3) is 0. The van der Waals surface area contributed by atoms with Gasteiger partial charge >= 0.3 is 0 Å². The predicted molar refractivity (Wildman–Crippen MR) is 98.2 cm³/mol. The highest BCUT2D eigenvalue weighted by molar-refractivity contribution is 9.10. The van der Waals surface area contributed by atoms with Crippen LogP contribution in [0.1, 0.15) is 10.6 Å². The number of hydrogen-bond donors (Lipinski definition) is 1. The second kappa shape index (κ2) is 6.34. The van der Waals surface area contributed by atoms with Crippen LogP contribution < -0.4 is 5.32 Å². The first-order chi connectivity index (χ1) is 12.1. The minimum absolute atomic E-state index is 0.177. The Hall–Kier alpha value is -2.64. The average molecular weight is 418 g/mol. The smallest absolute Gasteiger partial charge is 0.291 e. The number of carbonyl (C=O) groups is 1. The fourth-order valence-corrected chi connectivity index (χ4v) is 2.84. The summed E-state index contributed by atoms with van der Waals surface area (Å²) in [6, 6.07) is 16.1. The Morgan fingerprint density at radius 2 is 1.80 bits per heavy atom. The molecule has 2 aromatic heterocycles. The van der Waals surface area contributed by atoms with E-state index in [1.165, 1.54) is 4.80 Å². The first-order valence-corrected chi connectivity index (χ1v) is 8.46. The van der Waals surface area contributed by atoms with E-state index in [1.807, 2.05) is 30.3 Å². The molecule has 1 N–H and O–H groups in total. The van der Waals surface area contributed by atoms with Crippen molar-refractivity contribution in [2.45, 2.75) is 0 Å². The maximum Gasteiger partial charge on any atom is 0.291 e. The Morgan fingerprint density at radius 3 is 2.48 bits per heavy atom. The van der Waals surface area contributed by atoms with E-state index in [1.54, 1.807) is 24.3 Å². The van der Waals surface area contributed by atoms with Gasteiger partial charge in [0, 0.05) is 0 Å². The number of carbonyl (C=O) groups excluding carboxylic acids is 1. The van der Waals surface area contributed by atoms with Gasteiger partial charge in [-0.1, -0.05) is 29.8 Å². The molecule has 2 aromatic carbocycles. The van der Waals surface area contributed by atoms with Gasteiger partial charge in [0.15, 0.2) is 10.4 Å². The van der Waals surface area contributed by atoms with Crippen LogP contribution in [0.5, 0.6) is 0 Å². The molecule has 0 spiro atoms. The number of amides is 1. The number of benzene rings is 2. The second-order valence-electron chi connectivity index (χ2n) is 5.20. The molecule has 25 heavy (non-hydrogen) atoms. The molecule has 0 saturated carbocycles. The number of fused-ring (bicyclic) bond motifs is 1. The second-order valence-corrected chi connectivity index (χ2v) is 6.39. The average Bonchev–Trinajstić information content (AvgIpc) is 3.22. The summed E-state index contributed by atoms with van der Waals surface area (Å²) < 4.78 is 5.71. The molecule has 0 atom stereocenters. The van der Waals surface area contributed by atoms with Gasteiger partial charge in [0.25, 0.3) is 5.91 Å². The van der Waals surface area contributed by atoms with Crippen molar-refractivity contribution in [3.8, 4) is 5.69 Å². The molecule has 0 radical (unpaired) electrons. The zero-order valence-corrected chi connectivity index (χ0v) is 15.0. The van der Waals surface area contributed by atoms with Crippen molar-refractivity contribution in [3.05, 3.63) is 70.0 Å². The van der Waals surface area contributed by atoms with Crippen molar-refractivity contribution in [2.24, 2.45) is 0 Å². The molecule has 0 aliphatic carbocycles. The van der Waals surface area contributed by atoms with Gasteiger partial charge in [0.05, 0.1) is 16.4 Å². The molecule has 0 bridgehead atoms. The van der Waals surface area contributed by atoms with Crippen molar-refractivity contribution in [1.29, 1.82) is 0 Å². The third-order valence-electron chi connectivity index (χ3n) is 3.50. The van der Waals surface area contributed by atoms with Gasteiger partial charge in [0.1, 0.15) is 11.0 Å². The maximum absolute atomic E-state index is 12.2. The number of nitrogens with one attached hydrogen (secondary N) is 1. The Balaban J connectivity index is 1.68. The van der Waals surface area contributed by atoms with E-state index >= 15 is 0 Å². The molecule has 8 heteroatoms. The molecule has 124 valence electrons. The summed E-state index contributed by atoms with van der Waals surface area (Å²) in [4.78, 5) is 13.7. The summed E-state index contributed by atoms with van der Waals surface area (Å²) in [7, 11) is 0. The number of para-hydroxylation sites is 1. The third kappa shape index (κ3) is 3.16. The van der Waals surface area contributed by atoms with Gasteiger partial charge in [-0.15, -0.1) is 10.2 Å². The van der Waals surface area contributed by atoms with Crippen LogP contribution in [0.25, 0.3) is 16.7 Å². The highest BCUT2D eigenvalue weighted by Crippen LogP contribution is 2.27. The molecule has 4 aromatic rings. The van der Waals surface area contributed by atoms with Crippen LogP contribution in [0, 0.1) is 0 Å². The number of anilines is 1. The van der Waals surface area contributed by atoms with Crippen LogP contribution in [0.4, 0.5) is 5.69 Å². The summed E-state index contributed by atoms with van der Waals surface area (Å²) >= 11 is 9.43. The van der Waals surface area contributed by atoms with Gasteiger partial charge in [0.2, 0.25) is 0 Å². The van der Waals surface area contributed by atoms with Crippen molar-refractivity contribution in [1.82, 2.24) is 15.0 Å². The van der Waals surface area contributed by atoms with Crippen LogP contribution in [-0.4, -0.2) is 20.9 Å². The van der Waals surface area contributed by atoms with Crippen LogP contribution in [-0.2, 0) is 0 Å². The number of halogens is 2. The Bertz CT molecular complexity index is 1070. The monoisotopic (exact) mass is 416 g/mol. The van der Waals surface area contributed by atoms with Crippen molar-refractivity contribution in [2.75, 3.05) is 5.32 Å². The Kier molecular flexibility index (Phi) is 4.03. The molecule has 6 nitrogen and oxygen atoms in total. The molecule has 4 rings (SSSR count). The normalized spacial score (nSPS) is 11.0. The molecule has 0 aliphatic rings. The van der Waals surface area contributed by atoms with E-state index in [-0.39, 0.29) is 5.76 Å². The lowest BCUT2D eigenvalue weighted by Gasteiger charge is -2.05. The number of furan rings is 1. The predicted octanol–water partition coefficient (Wildman–Crippen LogP) is 4.68. The van der Waals surface area contributed by atoms with Crippen molar-refractivity contribution in [3.63, 3.8) is 0 Å². The molecule has 0 fully saturated rings. The first kappa shape index (κ1) is 15.9. The fourth-order valence-electron chi connectivity index (χ4n) is 2.33. The number of nitrogens with zero attached hydrogens (tertiary/aromatic N) is 3. The van der Waals surface area contributed by atoms with Gasteiger partial charge in [-0.05, 0) is 52.3 Å². The van der Waals surface area contributed by atoms with E-state index in [0.717, 1.165) is 5.69 Å². The Morgan fingerprint density at radius 1 is 1.08 bits per heavy atom. The minimum Gasteiger partial charge on any atom is -0.444 e. The van der Waals surface area contributed by atoms with E-state index in [2.05, 4.69) is 31.4 Å².